The van der Waals surface area contributed by atoms with Gasteiger partial charge in [-0.25, -0.2) is 0 Å². The first-order valence-electron chi connectivity index (χ1n) is 6.97. The zero-order valence-corrected chi connectivity index (χ0v) is 13.9. The summed E-state index contributed by atoms with van der Waals surface area (Å²) in [5, 5.41) is 0. The SMILES string of the molecule is CC(C)(C)c1ccc(C(N)Cc2ccccc2Br)cc1. The zero-order chi connectivity index (χ0) is 14.8. The lowest BCUT2D eigenvalue weighted by atomic mass is 9.86. The molecule has 2 N–H and O–H groups in total. The molecule has 1 unspecified atom stereocenters. The second kappa shape index (κ2) is 6.11. The molecule has 2 aromatic rings. The van der Waals surface area contributed by atoms with Crippen molar-refractivity contribution in [3.05, 3.63) is 69.7 Å². The lowest BCUT2D eigenvalue weighted by molar-refractivity contribution is 0.589. The molecule has 0 saturated carbocycles. The molecule has 0 fully saturated rings. The van der Waals surface area contributed by atoms with Crippen LogP contribution in [0.2, 0.25) is 0 Å². The van der Waals surface area contributed by atoms with Gasteiger partial charge in [-0.15, -0.1) is 0 Å². The van der Waals surface area contributed by atoms with Gasteiger partial charge in [0.25, 0.3) is 0 Å². The first kappa shape index (κ1) is 15.3. The highest BCUT2D eigenvalue weighted by atomic mass is 79.9. The van der Waals surface area contributed by atoms with Gasteiger partial charge in [0.2, 0.25) is 0 Å². The fraction of sp³-hybridized carbons (Fsp3) is 0.333. The summed E-state index contributed by atoms with van der Waals surface area (Å²) in [5.41, 5.74) is 10.3. The molecule has 2 rings (SSSR count). The molecule has 20 heavy (non-hydrogen) atoms. The molecule has 0 spiro atoms. The maximum Gasteiger partial charge on any atom is 0.0336 e. The first-order valence-corrected chi connectivity index (χ1v) is 7.76. The Labute approximate surface area is 130 Å². The third kappa shape index (κ3) is 3.71. The number of hydrogen-bond acceptors (Lipinski definition) is 1. The summed E-state index contributed by atoms with van der Waals surface area (Å²) in [5.74, 6) is 0. The van der Waals surface area contributed by atoms with Gasteiger partial charge in [0, 0.05) is 10.5 Å². The Bertz CT molecular complexity index is 567. The molecule has 1 nitrogen and oxygen atoms in total. The van der Waals surface area contributed by atoms with Gasteiger partial charge in [-0.1, -0.05) is 79.2 Å². The third-order valence-electron chi connectivity index (χ3n) is 3.60. The van der Waals surface area contributed by atoms with Crippen LogP contribution in [0, 0.1) is 0 Å². The molecular formula is C18H22BrN. The van der Waals surface area contributed by atoms with Crippen molar-refractivity contribution in [3.63, 3.8) is 0 Å². The second-order valence-corrected chi connectivity index (χ2v) is 7.13. The molecule has 0 bridgehead atoms. The Kier molecular flexibility index (Phi) is 4.66. The average molecular weight is 332 g/mol. The quantitative estimate of drug-likeness (QED) is 0.842. The number of hydrogen-bond donors (Lipinski definition) is 1. The summed E-state index contributed by atoms with van der Waals surface area (Å²) < 4.78 is 1.13. The Morgan fingerprint density at radius 1 is 1.00 bits per heavy atom. The van der Waals surface area contributed by atoms with Crippen molar-refractivity contribution in [1.82, 2.24) is 0 Å². The maximum absolute atomic E-state index is 6.33. The van der Waals surface area contributed by atoms with E-state index in [4.69, 9.17) is 5.73 Å². The fourth-order valence-electron chi connectivity index (χ4n) is 2.25. The van der Waals surface area contributed by atoms with Gasteiger partial charge >= 0.3 is 0 Å². The summed E-state index contributed by atoms with van der Waals surface area (Å²) >= 11 is 3.58. The van der Waals surface area contributed by atoms with Crippen LogP contribution in [0.15, 0.2) is 53.0 Å². The smallest absolute Gasteiger partial charge is 0.0336 e. The van der Waals surface area contributed by atoms with Crippen LogP contribution in [0.1, 0.15) is 43.5 Å². The maximum atomic E-state index is 6.33. The molecule has 0 saturated heterocycles. The van der Waals surface area contributed by atoms with Gasteiger partial charge in [-0.05, 0) is 34.6 Å². The molecule has 0 aliphatic heterocycles. The van der Waals surface area contributed by atoms with E-state index in [2.05, 4.69) is 79.2 Å². The summed E-state index contributed by atoms with van der Waals surface area (Å²) in [6.45, 7) is 6.68. The van der Waals surface area contributed by atoms with Crippen molar-refractivity contribution in [2.75, 3.05) is 0 Å². The summed E-state index contributed by atoms with van der Waals surface area (Å²) in [6.07, 6.45) is 0.844. The lowest BCUT2D eigenvalue weighted by Gasteiger charge is -2.20. The van der Waals surface area contributed by atoms with Crippen molar-refractivity contribution in [3.8, 4) is 0 Å². The Morgan fingerprint density at radius 3 is 2.15 bits per heavy atom. The second-order valence-electron chi connectivity index (χ2n) is 6.27. The lowest BCUT2D eigenvalue weighted by Crippen LogP contribution is -2.15. The van der Waals surface area contributed by atoms with Gasteiger partial charge in [-0.3, -0.25) is 0 Å². The van der Waals surface area contributed by atoms with Crippen LogP contribution in [0.4, 0.5) is 0 Å². The Hall–Kier alpha value is -1.12. The number of nitrogens with two attached hydrogens (primary N) is 1. The average Bonchev–Trinajstić information content (AvgIpc) is 2.40. The number of rotatable bonds is 3. The standard InChI is InChI=1S/C18H22BrN/c1-18(2,3)15-10-8-13(9-11-15)17(20)12-14-6-4-5-7-16(14)19/h4-11,17H,12,20H2,1-3H3. The summed E-state index contributed by atoms with van der Waals surface area (Å²) in [4.78, 5) is 0. The van der Waals surface area contributed by atoms with Crippen molar-refractivity contribution < 1.29 is 0 Å². The van der Waals surface area contributed by atoms with Crippen LogP contribution in [-0.4, -0.2) is 0 Å². The monoisotopic (exact) mass is 331 g/mol. The normalized spacial score (nSPS) is 13.2. The van der Waals surface area contributed by atoms with E-state index in [0.29, 0.717) is 0 Å². The van der Waals surface area contributed by atoms with E-state index in [9.17, 15) is 0 Å². The minimum atomic E-state index is 0.0303. The van der Waals surface area contributed by atoms with E-state index in [1.807, 2.05) is 6.07 Å². The highest BCUT2D eigenvalue weighted by Crippen LogP contribution is 2.26. The number of benzene rings is 2. The van der Waals surface area contributed by atoms with Gasteiger partial charge in [0.05, 0.1) is 0 Å². The van der Waals surface area contributed by atoms with Crippen molar-refractivity contribution in [2.45, 2.75) is 38.6 Å². The molecule has 0 aliphatic carbocycles. The van der Waals surface area contributed by atoms with Gasteiger partial charge in [-0.2, -0.15) is 0 Å². The summed E-state index contributed by atoms with van der Waals surface area (Å²) in [7, 11) is 0. The number of halogens is 1. The molecule has 0 amide bonds. The fourth-order valence-corrected chi connectivity index (χ4v) is 2.70. The molecule has 2 heteroatoms. The van der Waals surface area contributed by atoms with Crippen LogP contribution in [-0.2, 0) is 11.8 Å². The molecule has 2 aromatic carbocycles. The molecule has 106 valence electrons. The predicted octanol–water partition coefficient (Wildman–Crippen LogP) is 4.99. The zero-order valence-electron chi connectivity index (χ0n) is 12.4. The topological polar surface area (TPSA) is 26.0 Å². The van der Waals surface area contributed by atoms with E-state index in [0.717, 1.165) is 10.9 Å². The molecular weight excluding hydrogens is 310 g/mol. The minimum absolute atomic E-state index is 0.0303. The highest BCUT2D eigenvalue weighted by molar-refractivity contribution is 9.10. The van der Waals surface area contributed by atoms with E-state index < -0.39 is 0 Å². The minimum Gasteiger partial charge on any atom is -0.324 e. The molecule has 0 radical (unpaired) electrons. The van der Waals surface area contributed by atoms with E-state index in [-0.39, 0.29) is 11.5 Å². The van der Waals surface area contributed by atoms with Crippen molar-refractivity contribution in [1.29, 1.82) is 0 Å². The van der Waals surface area contributed by atoms with Gasteiger partial charge in [0.1, 0.15) is 0 Å². The molecule has 0 aromatic heterocycles. The van der Waals surface area contributed by atoms with E-state index in [1.165, 1.54) is 16.7 Å². The Balaban J connectivity index is 2.14. The van der Waals surface area contributed by atoms with E-state index >= 15 is 0 Å². The summed E-state index contributed by atoms with van der Waals surface area (Å²) in [6, 6.07) is 17.0. The van der Waals surface area contributed by atoms with Crippen LogP contribution >= 0.6 is 15.9 Å². The molecule has 0 heterocycles. The molecule has 0 aliphatic rings. The highest BCUT2D eigenvalue weighted by Gasteiger charge is 2.14. The third-order valence-corrected chi connectivity index (χ3v) is 4.38. The van der Waals surface area contributed by atoms with E-state index in [1.54, 1.807) is 0 Å². The first-order chi connectivity index (χ1) is 9.38. The largest absolute Gasteiger partial charge is 0.324 e. The van der Waals surface area contributed by atoms with Gasteiger partial charge in [0.15, 0.2) is 0 Å². The van der Waals surface area contributed by atoms with Crippen molar-refractivity contribution >= 4 is 15.9 Å². The van der Waals surface area contributed by atoms with Crippen molar-refractivity contribution in [2.24, 2.45) is 5.73 Å². The molecule has 1 atom stereocenters. The Morgan fingerprint density at radius 2 is 1.60 bits per heavy atom. The van der Waals surface area contributed by atoms with Crippen LogP contribution in [0.3, 0.4) is 0 Å². The van der Waals surface area contributed by atoms with Crippen LogP contribution in [0.5, 0.6) is 0 Å². The predicted molar refractivity (Wildman–Crippen MR) is 89.9 cm³/mol. The van der Waals surface area contributed by atoms with Crippen LogP contribution < -0.4 is 5.73 Å². The van der Waals surface area contributed by atoms with Gasteiger partial charge < -0.3 is 5.73 Å². The van der Waals surface area contributed by atoms with Crippen LogP contribution in [0.25, 0.3) is 0 Å².